The topological polar surface area (TPSA) is 44.3 Å². The van der Waals surface area contributed by atoms with Crippen molar-refractivity contribution in [1.82, 2.24) is 19.8 Å². The lowest BCUT2D eigenvalue weighted by Gasteiger charge is -2.35. The second-order valence-corrected chi connectivity index (χ2v) is 6.03. The van der Waals surface area contributed by atoms with Crippen LogP contribution in [-0.4, -0.2) is 59.5 Å². The molecule has 0 aromatic carbocycles. The second kappa shape index (κ2) is 6.99. The van der Waals surface area contributed by atoms with Crippen LogP contribution in [0.2, 0.25) is 0 Å². The smallest absolute Gasteiger partial charge is 0.144 e. The highest BCUT2D eigenvalue weighted by molar-refractivity contribution is 5.34. The molecule has 5 nitrogen and oxygen atoms in total. The van der Waals surface area contributed by atoms with E-state index in [9.17, 15) is 0 Å². The highest BCUT2D eigenvalue weighted by Crippen LogP contribution is 2.10. The summed E-state index contributed by atoms with van der Waals surface area (Å²) in [7, 11) is 1.90. The molecular formula is C15H27N5. The number of hydrogen-bond acceptors (Lipinski definition) is 5. The highest BCUT2D eigenvalue weighted by Gasteiger charge is 2.18. The van der Waals surface area contributed by atoms with Crippen molar-refractivity contribution >= 4 is 5.82 Å². The van der Waals surface area contributed by atoms with Crippen LogP contribution in [0.25, 0.3) is 0 Å². The minimum Gasteiger partial charge on any atom is -0.373 e. The largest absolute Gasteiger partial charge is 0.373 e. The van der Waals surface area contributed by atoms with Crippen LogP contribution in [0.15, 0.2) is 6.07 Å². The van der Waals surface area contributed by atoms with Gasteiger partial charge in [-0.05, 0) is 12.8 Å². The van der Waals surface area contributed by atoms with Gasteiger partial charge in [-0.3, -0.25) is 4.90 Å². The summed E-state index contributed by atoms with van der Waals surface area (Å²) in [6, 6.07) is 1.98. The summed E-state index contributed by atoms with van der Waals surface area (Å²) in [6.07, 6.45) is 0. The standard InChI is InChI=1S/C15H27N5/c1-12(2)10-19-5-7-20(8-6-19)11-15-17-13(3)9-14(16-4)18-15/h9,12H,5-8,10-11H2,1-4H3,(H,16,17,18). The van der Waals surface area contributed by atoms with Crippen molar-refractivity contribution in [2.45, 2.75) is 27.3 Å². The van der Waals surface area contributed by atoms with Crippen LogP contribution in [0.3, 0.4) is 0 Å². The Kier molecular flexibility index (Phi) is 5.31. The van der Waals surface area contributed by atoms with E-state index in [0.717, 1.165) is 56.0 Å². The van der Waals surface area contributed by atoms with Gasteiger partial charge in [0.05, 0.1) is 6.54 Å². The third-order valence-corrected chi connectivity index (χ3v) is 3.61. The zero-order valence-electron chi connectivity index (χ0n) is 13.2. The summed E-state index contributed by atoms with van der Waals surface area (Å²) >= 11 is 0. The van der Waals surface area contributed by atoms with Crippen LogP contribution in [0.5, 0.6) is 0 Å². The summed E-state index contributed by atoms with van der Waals surface area (Å²) in [5, 5.41) is 3.10. The molecule has 1 aliphatic heterocycles. The molecule has 1 N–H and O–H groups in total. The van der Waals surface area contributed by atoms with Gasteiger partial charge in [0.1, 0.15) is 11.6 Å². The average molecular weight is 277 g/mol. The maximum atomic E-state index is 4.54. The Morgan fingerprint density at radius 3 is 2.40 bits per heavy atom. The quantitative estimate of drug-likeness (QED) is 0.885. The van der Waals surface area contributed by atoms with Gasteiger partial charge in [0.25, 0.3) is 0 Å². The van der Waals surface area contributed by atoms with Gasteiger partial charge >= 0.3 is 0 Å². The lowest BCUT2D eigenvalue weighted by Crippen LogP contribution is -2.47. The van der Waals surface area contributed by atoms with Crippen LogP contribution in [0.1, 0.15) is 25.4 Å². The first-order chi connectivity index (χ1) is 9.56. The van der Waals surface area contributed by atoms with E-state index < -0.39 is 0 Å². The van der Waals surface area contributed by atoms with Crippen molar-refractivity contribution < 1.29 is 0 Å². The first-order valence-electron chi connectivity index (χ1n) is 7.54. The highest BCUT2D eigenvalue weighted by atomic mass is 15.3. The summed E-state index contributed by atoms with van der Waals surface area (Å²) in [5.74, 6) is 2.58. The Hall–Kier alpha value is -1.20. The van der Waals surface area contributed by atoms with E-state index in [2.05, 4.69) is 38.9 Å². The number of anilines is 1. The van der Waals surface area contributed by atoms with Crippen LogP contribution < -0.4 is 5.32 Å². The van der Waals surface area contributed by atoms with Crippen LogP contribution >= 0.6 is 0 Å². The van der Waals surface area contributed by atoms with Crippen LogP contribution in [-0.2, 0) is 6.54 Å². The fourth-order valence-corrected chi connectivity index (χ4v) is 2.68. The minimum absolute atomic E-state index is 0.750. The minimum atomic E-state index is 0.750. The molecule has 2 rings (SSSR count). The number of rotatable bonds is 5. The van der Waals surface area contributed by atoms with Crippen molar-refractivity contribution in [3.05, 3.63) is 17.6 Å². The number of piperazine rings is 1. The van der Waals surface area contributed by atoms with E-state index in [1.54, 1.807) is 0 Å². The van der Waals surface area contributed by atoms with Gasteiger partial charge in [0, 0.05) is 51.5 Å². The zero-order valence-corrected chi connectivity index (χ0v) is 13.2. The SMILES string of the molecule is CNc1cc(C)nc(CN2CCN(CC(C)C)CC2)n1. The molecule has 0 amide bonds. The van der Waals surface area contributed by atoms with E-state index in [1.165, 1.54) is 6.54 Å². The molecule has 1 saturated heterocycles. The number of aromatic nitrogens is 2. The van der Waals surface area contributed by atoms with Crippen molar-refractivity contribution in [1.29, 1.82) is 0 Å². The van der Waals surface area contributed by atoms with Gasteiger partial charge in [0.15, 0.2) is 0 Å². The van der Waals surface area contributed by atoms with Gasteiger partial charge in [-0.25, -0.2) is 9.97 Å². The Morgan fingerprint density at radius 2 is 1.80 bits per heavy atom. The Morgan fingerprint density at radius 1 is 1.15 bits per heavy atom. The molecule has 2 heterocycles. The predicted molar refractivity (Wildman–Crippen MR) is 82.9 cm³/mol. The molecule has 1 aromatic rings. The van der Waals surface area contributed by atoms with Gasteiger partial charge in [-0.1, -0.05) is 13.8 Å². The van der Waals surface area contributed by atoms with E-state index in [0.29, 0.717) is 0 Å². The van der Waals surface area contributed by atoms with E-state index in [-0.39, 0.29) is 0 Å². The maximum Gasteiger partial charge on any atom is 0.144 e. The molecular weight excluding hydrogens is 250 g/mol. The first-order valence-corrected chi connectivity index (χ1v) is 7.54. The summed E-state index contributed by atoms with van der Waals surface area (Å²) < 4.78 is 0. The Balaban J connectivity index is 1.87. The third kappa shape index (κ3) is 4.42. The number of nitrogens with zero attached hydrogens (tertiary/aromatic N) is 4. The lowest BCUT2D eigenvalue weighted by atomic mass is 10.2. The molecule has 0 saturated carbocycles. The van der Waals surface area contributed by atoms with E-state index in [4.69, 9.17) is 0 Å². The molecule has 0 unspecified atom stereocenters. The molecule has 0 bridgehead atoms. The monoisotopic (exact) mass is 277 g/mol. The normalized spacial score (nSPS) is 17.6. The van der Waals surface area contributed by atoms with E-state index in [1.807, 2.05) is 20.0 Å². The molecule has 0 aliphatic carbocycles. The fourth-order valence-electron chi connectivity index (χ4n) is 2.68. The van der Waals surface area contributed by atoms with Crippen molar-refractivity contribution in [2.24, 2.45) is 5.92 Å². The number of aryl methyl sites for hydroxylation is 1. The predicted octanol–water partition coefficient (Wildman–Crippen LogP) is 1.60. The van der Waals surface area contributed by atoms with Gasteiger partial charge in [-0.15, -0.1) is 0 Å². The molecule has 112 valence electrons. The molecule has 0 spiro atoms. The molecule has 5 heteroatoms. The van der Waals surface area contributed by atoms with Gasteiger partial charge < -0.3 is 10.2 Å². The number of nitrogens with one attached hydrogen (secondary N) is 1. The molecule has 1 aliphatic rings. The molecule has 1 aromatic heterocycles. The summed E-state index contributed by atoms with van der Waals surface area (Å²) in [6.45, 7) is 13.2. The number of hydrogen-bond donors (Lipinski definition) is 1. The Labute approximate surface area is 122 Å². The summed E-state index contributed by atoms with van der Waals surface area (Å²) in [4.78, 5) is 14.1. The zero-order chi connectivity index (χ0) is 14.5. The molecule has 20 heavy (non-hydrogen) atoms. The summed E-state index contributed by atoms with van der Waals surface area (Å²) in [5.41, 5.74) is 1.03. The van der Waals surface area contributed by atoms with Crippen molar-refractivity contribution in [3.8, 4) is 0 Å². The van der Waals surface area contributed by atoms with Gasteiger partial charge in [0.2, 0.25) is 0 Å². The average Bonchev–Trinajstić information content (AvgIpc) is 2.39. The van der Waals surface area contributed by atoms with Crippen LogP contribution in [0, 0.1) is 12.8 Å². The first kappa shape index (κ1) is 15.2. The fraction of sp³-hybridized carbons (Fsp3) is 0.733. The van der Waals surface area contributed by atoms with Crippen molar-refractivity contribution in [3.63, 3.8) is 0 Å². The Bertz CT molecular complexity index is 424. The second-order valence-electron chi connectivity index (χ2n) is 6.03. The molecule has 1 fully saturated rings. The van der Waals surface area contributed by atoms with Crippen molar-refractivity contribution in [2.75, 3.05) is 45.1 Å². The molecule has 0 atom stereocenters. The lowest BCUT2D eigenvalue weighted by molar-refractivity contribution is 0.115. The van der Waals surface area contributed by atoms with E-state index >= 15 is 0 Å². The van der Waals surface area contributed by atoms with Crippen LogP contribution in [0.4, 0.5) is 5.82 Å². The van der Waals surface area contributed by atoms with Gasteiger partial charge in [-0.2, -0.15) is 0 Å². The third-order valence-electron chi connectivity index (χ3n) is 3.61. The maximum absolute atomic E-state index is 4.54. The molecule has 0 radical (unpaired) electrons.